The molecule has 148 valence electrons. The predicted octanol–water partition coefficient (Wildman–Crippen LogP) is 2.93. The summed E-state index contributed by atoms with van der Waals surface area (Å²) in [5.74, 6) is -0.0317. The predicted molar refractivity (Wildman–Crippen MR) is 109 cm³/mol. The first kappa shape index (κ1) is 19.9. The van der Waals surface area contributed by atoms with E-state index in [1.165, 1.54) is 12.0 Å². The van der Waals surface area contributed by atoms with Gasteiger partial charge in [0.25, 0.3) is 0 Å². The van der Waals surface area contributed by atoms with Gasteiger partial charge >= 0.3 is 0 Å². The fourth-order valence-electron chi connectivity index (χ4n) is 4.35. The lowest BCUT2D eigenvalue weighted by molar-refractivity contribution is -0.137. The maximum atomic E-state index is 13.0. The van der Waals surface area contributed by atoms with Crippen molar-refractivity contribution in [3.63, 3.8) is 0 Å². The summed E-state index contributed by atoms with van der Waals surface area (Å²) in [6, 6.07) is 8.42. The second-order valence-electron chi connectivity index (χ2n) is 7.95. The Labute approximate surface area is 163 Å². The number of rotatable bonds is 6. The van der Waals surface area contributed by atoms with Gasteiger partial charge in [-0.3, -0.25) is 9.59 Å². The second-order valence-corrected chi connectivity index (χ2v) is 7.95. The van der Waals surface area contributed by atoms with Crippen molar-refractivity contribution in [3.05, 3.63) is 29.8 Å². The maximum absolute atomic E-state index is 13.0. The lowest BCUT2D eigenvalue weighted by atomic mass is 10.0. The van der Waals surface area contributed by atoms with Gasteiger partial charge in [0.1, 0.15) is 0 Å². The van der Waals surface area contributed by atoms with Crippen LogP contribution < -0.4 is 4.90 Å². The van der Waals surface area contributed by atoms with E-state index in [0.717, 1.165) is 44.6 Å². The topological polar surface area (TPSA) is 43.9 Å². The highest BCUT2D eigenvalue weighted by Gasteiger charge is 2.38. The number of carbonyl (C=O) groups excluding carboxylic acids is 2. The smallest absolute Gasteiger partial charge is 0.228 e. The van der Waals surface area contributed by atoms with Gasteiger partial charge in [0.05, 0.1) is 5.92 Å². The van der Waals surface area contributed by atoms with Crippen molar-refractivity contribution in [2.75, 3.05) is 38.1 Å². The van der Waals surface area contributed by atoms with Crippen LogP contribution in [0.4, 0.5) is 5.69 Å². The zero-order valence-corrected chi connectivity index (χ0v) is 17.0. The minimum absolute atomic E-state index is 0.0590. The van der Waals surface area contributed by atoms with Crippen LogP contribution >= 0.6 is 0 Å². The van der Waals surface area contributed by atoms with Crippen LogP contribution in [0.2, 0.25) is 0 Å². The van der Waals surface area contributed by atoms with Gasteiger partial charge in [0, 0.05) is 44.8 Å². The number of carbonyl (C=O) groups is 2. The van der Waals surface area contributed by atoms with Crippen LogP contribution in [0.15, 0.2) is 24.3 Å². The molecule has 1 atom stereocenters. The van der Waals surface area contributed by atoms with Crippen molar-refractivity contribution >= 4 is 17.5 Å². The molecule has 27 heavy (non-hydrogen) atoms. The number of nitrogens with zero attached hydrogens (tertiary/aromatic N) is 3. The number of benzene rings is 1. The van der Waals surface area contributed by atoms with E-state index < -0.39 is 0 Å². The summed E-state index contributed by atoms with van der Waals surface area (Å²) < 4.78 is 0. The minimum atomic E-state index is -0.220. The molecule has 0 bridgehead atoms. The molecule has 0 N–H and O–H groups in total. The number of hydrogen-bond donors (Lipinski definition) is 0. The van der Waals surface area contributed by atoms with Crippen LogP contribution in [0.25, 0.3) is 0 Å². The second kappa shape index (κ2) is 8.87. The lowest BCUT2D eigenvalue weighted by Crippen LogP contribution is -2.47. The molecule has 2 amide bonds. The van der Waals surface area contributed by atoms with Gasteiger partial charge in [0.15, 0.2) is 0 Å². The van der Waals surface area contributed by atoms with Crippen LogP contribution in [0.1, 0.15) is 45.1 Å². The molecule has 1 unspecified atom stereocenters. The highest BCUT2D eigenvalue weighted by molar-refractivity contribution is 6.00. The largest absolute Gasteiger partial charge is 0.342 e. The van der Waals surface area contributed by atoms with E-state index in [0.29, 0.717) is 19.0 Å². The monoisotopic (exact) mass is 371 g/mol. The molecule has 2 aliphatic rings. The SMILES string of the molecule is CCCN1CCC(N(C)C(=O)C2CC(=O)N(c3ccc(CC)cc3)C2)CC1. The molecule has 2 heterocycles. The van der Waals surface area contributed by atoms with E-state index in [1.807, 2.05) is 24.1 Å². The van der Waals surface area contributed by atoms with Gasteiger partial charge in [-0.1, -0.05) is 26.0 Å². The Hall–Kier alpha value is -1.88. The molecule has 0 saturated carbocycles. The highest BCUT2D eigenvalue weighted by atomic mass is 16.2. The Morgan fingerprint density at radius 1 is 1.15 bits per heavy atom. The Balaban J connectivity index is 1.58. The van der Waals surface area contributed by atoms with E-state index in [2.05, 4.69) is 30.9 Å². The summed E-state index contributed by atoms with van der Waals surface area (Å²) >= 11 is 0. The van der Waals surface area contributed by atoms with Crippen LogP contribution in [0, 0.1) is 5.92 Å². The number of amides is 2. The average Bonchev–Trinajstić information content (AvgIpc) is 3.09. The van der Waals surface area contributed by atoms with Gasteiger partial charge in [-0.25, -0.2) is 0 Å². The molecule has 3 rings (SSSR count). The average molecular weight is 372 g/mol. The normalized spacial score (nSPS) is 21.7. The van der Waals surface area contributed by atoms with Gasteiger partial charge < -0.3 is 14.7 Å². The zero-order chi connectivity index (χ0) is 19.4. The first-order chi connectivity index (χ1) is 13.0. The summed E-state index contributed by atoms with van der Waals surface area (Å²) in [6.07, 6.45) is 4.56. The van der Waals surface area contributed by atoms with E-state index in [1.54, 1.807) is 4.90 Å². The van der Waals surface area contributed by atoms with Crippen molar-refractivity contribution in [1.82, 2.24) is 9.80 Å². The summed E-state index contributed by atoms with van der Waals surface area (Å²) in [6.45, 7) is 8.11. The summed E-state index contributed by atoms with van der Waals surface area (Å²) in [5, 5.41) is 0. The van der Waals surface area contributed by atoms with E-state index in [9.17, 15) is 9.59 Å². The number of hydrogen-bond acceptors (Lipinski definition) is 3. The fraction of sp³-hybridized carbons (Fsp3) is 0.636. The molecule has 5 nitrogen and oxygen atoms in total. The van der Waals surface area contributed by atoms with Crippen LogP contribution in [-0.4, -0.2) is 60.9 Å². The molecular formula is C22H33N3O2. The van der Waals surface area contributed by atoms with Crippen molar-refractivity contribution in [2.45, 2.75) is 52.0 Å². The fourth-order valence-corrected chi connectivity index (χ4v) is 4.35. The first-order valence-corrected chi connectivity index (χ1v) is 10.4. The van der Waals surface area contributed by atoms with Gasteiger partial charge in [0.2, 0.25) is 11.8 Å². The first-order valence-electron chi connectivity index (χ1n) is 10.4. The summed E-state index contributed by atoms with van der Waals surface area (Å²) in [5.41, 5.74) is 2.16. The molecule has 2 fully saturated rings. The Bertz CT molecular complexity index is 650. The Kier molecular flexibility index (Phi) is 6.53. The molecule has 0 aliphatic carbocycles. The Morgan fingerprint density at radius 2 is 1.81 bits per heavy atom. The van der Waals surface area contributed by atoms with Crippen molar-refractivity contribution < 1.29 is 9.59 Å². The van der Waals surface area contributed by atoms with E-state index in [4.69, 9.17) is 0 Å². The van der Waals surface area contributed by atoms with Gasteiger partial charge in [-0.15, -0.1) is 0 Å². The number of anilines is 1. The van der Waals surface area contributed by atoms with Crippen LogP contribution in [0.3, 0.4) is 0 Å². The minimum Gasteiger partial charge on any atom is -0.342 e. The maximum Gasteiger partial charge on any atom is 0.228 e. The third kappa shape index (κ3) is 4.52. The van der Waals surface area contributed by atoms with Crippen LogP contribution in [0.5, 0.6) is 0 Å². The van der Waals surface area contributed by atoms with Crippen molar-refractivity contribution in [2.24, 2.45) is 5.92 Å². The molecule has 0 aromatic heterocycles. The number of aryl methyl sites for hydroxylation is 1. The van der Waals surface area contributed by atoms with Gasteiger partial charge in [-0.2, -0.15) is 0 Å². The Morgan fingerprint density at radius 3 is 2.41 bits per heavy atom. The molecular weight excluding hydrogens is 338 g/mol. The molecule has 2 saturated heterocycles. The number of likely N-dealkylation sites (tertiary alicyclic amines) is 1. The van der Waals surface area contributed by atoms with E-state index >= 15 is 0 Å². The summed E-state index contributed by atoms with van der Waals surface area (Å²) in [4.78, 5) is 31.7. The highest BCUT2D eigenvalue weighted by Crippen LogP contribution is 2.28. The van der Waals surface area contributed by atoms with Crippen molar-refractivity contribution in [1.29, 1.82) is 0 Å². The molecule has 0 radical (unpaired) electrons. The number of piperidine rings is 1. The van der Waals surface area contributed by atoms with Crippen molar-refractivity contribution in [3.8, 4) is 0 Å². The molecule has 1 aromatic rings. The third-order valence-electron chi connectivity index (χ3n) is 6.12. The third-order valence-corrected chi connectivity index (χ3v) is 6.12. The molecule has 1 aromatic carbocycles. The quantitative estimate of drug-likeness (QED) is 0.772. The standard InChI is InChI=1S/C22H33N3O2/c1-4-12-24-13-10-19(11-14-24)23(3)22(27)18-15-21(26)25(16-18)20-8-6-17(5-2)7-9-20/h6-9,18-19H,4-5,10-16H2,1-3H3. The summed E-state index contributed by atoms with van der Waals surface area (Å²) in [7, 11) is 1.92. The van der Waals surface area contributed by atoms with E-state index in [-0.39, 0.29) is 17.7 Å². The molecule has 5 heteroatoms. The zero-order valence-electron chi connectivity index (χ0n) is 17.0. The lowest BCUT2D eigenvalue weighted by Gasteiger charge is -2.37. The molecule has 2 aliphatic heterocycles. The molecule has 0 spiro atoms. The van der Waals surface area contributed by atoms with Crippen LogP contribution in [-0.2, 0) is 16.0 Å². The van der Waals surface area contributed by atoms with Gasteiger partial charge in [-0.05, 0) is 49.9 Å².